The van der Waals surface area contributed by atoms with Crippen molar-refractivity contribution in [3.63, 3.8) is 0 Å². The van der Waals surface area contributed by atoms with Crippen LogP contribution in [-0.2, 0) is 0 Å². The van der Waals surface area contributed by atoms with Crippen molar-refractivity contribution in [2.75, 3.05) is 11.1 Å². The van der Waals surface area contributed by atoms with Gasteiger partial charge in [0, 0.05) is 5.75 Å². The Balaban J connectivity index is 2.20. The lowest BCUT2D eigenvalue weighted by molar-refractivity contribution is 0.591. The van der Waals surface area contributed by atoms with Crippen molar-refractivity contribution in [2.24, 2.45) is 4.99 Å². The Morgan fingerprint density at radius 2 is 2.06 bits per heavy atom. The van der Waals surface area contributed by atoms with Gasteiger partial charge in [-0.25, -0.2) is 8.78 Å². The topological polar surface area (TPSA) is 24.4 Å². The fourth-order valence-corrected chi connectivity index (χ4v) is 2.50. The molecule has 1 aromatic rings. The molecule has 0 aromatic heterocycles. The van der Waals surface area contributed by atoms with Gasteiger partial charge < -0.3 is 5.32 Å². The van der Waals surface area contributed by atoms with Gasteiger partial charge in [0.2, 0.25) is 0 Å². The van der Waals surface area contributed by atoms with Gasteiger partial charge >= 0.3 is 0 Å². The zero-order chi connectivity index (χ0) is 11.5. The average molecular weight is 242 g/mol. The summed E-state index contributed by atoms with van der Waals surface area (Å²) in [4.78, 5) is 4.29. The van der Waals surface area contributed by atoms with Crippen LogP contribution in [0.4, 0.5) is 14.5 Å². The Bertz CT molecular complexity index is 400. The molecule has 86 valence electrons. The summed E-state index contributed by atoms with van der Waals surface area (Å²) in [5.41, 5.74) is -0.122. The third-order valence-electron chi connectivity index (χ3n) is 2.31. The Kier molecular flexibility index (Phi) is 3.43. The lowest BCUT2D eigenvalue weighted by Crippen LogP contribution is -2.19. The number of amidine groups is 1. The summed E-state index contributed by atoms with van der Waals surface area (Å²) in [5.74, 6) is -0.272. The first kappa shape index (κ1) is 11.4. The molecule has 0 bridgehead atoms. The Hall–Kier alpha value is -1.10. The summed E-state index contributed by atoms with van der Waals surface area (Å²) in [5, 5.41) is 3.30. The van der Waals surface area contributed by atoms with E-state index in [1.54, 1.807) is 0 Å². The molecule has 1 atom stereocenters. The van der Waals surface area contributed by atoms with Crippen LogP contribution in [0.3, 0.4) is 0 Å². The minimum absolute atomic E-state index is 0.122. The highest BCUT2D eigenvalue weighted by Gasteiger charge is 2.15. The zero-order valence-electron chi connectivity index (χ0n) is 8.84. The Morgan fingerprint density at radius 1 is 1.38 bits per heavy atom. The number of halogens is 2. The van der Waals surface area contributed by atoms with E-state index in [-0.39, 0.29) is 11.7 Å². The highest BCUT2D eigenvalue weighted by molar-refractivity contribution is 8.14. The SMILES string of the molecule is CC1CCSC(Nc2c(F)cccc2F)=N1. The molecular weight excluding hydrogens is 230 g/mol. The number of nitrogens with one attached hydrogen (secondary N) is 1. The van der Waals surface area contributed by atoms with Gasteiger partial charge in [0.25, 0.3) is 0 Å². The largest absolute Gasteiger partial charge is 0.330 e. The second kappa shape index (κ2) is 4.82. The van der Waals surface area contributed by atoms with Gasteiger partial charge in [0.05, 0.1) is 6.04 Å². The minimum atomic E-state index is -0.596. The molecule has 1 heterocycles. The summed E-state index contributed by atoms with van der Waals surface area (Å²) in [6, 6.07) is 4.00. The number of thioether (sulfide) groups is 1. The van der Waals surface area contributed by atoms with E-state index in [9.17, 15) is 8.78 Å². The summed E-state index contributed by atoms with van der Waals surface area (Å²) >= 11 is 1.48. The highest BCUT2D eigenvalue weighted by atomic mass is 32.2. The van der Waals surface area contributed by atoms with E-state index in [0.717, 1.165) is 12.2 Å². The van der Waals surface area contributed by atoms with E-state index in [2.05, 4.69) is 10.3 Å². The van der Waals surface area contributed by atoms with E-state index < -0.39 is 11.6 Å². The molecule has 0 fully saturated rings. The van der Waals surface area contributed by atoms with Gasteiger partial charge in [0.15, 0.2) is 5.17 Å². The van der Waals surface area contributed by atoms with Crippen molar-refractivity contribution in [3.8, 4) is 0 Å². The van der Waals surface area contributed by atoms with Gasteiger partial charge in [-0.3, -0.25) is 4.99 Å². The van der Waals surface area contributed by atoms with Crippen LogP contribution >= 0.6 is 11.8 Å². The number of rotatable bonds is 1. The molecule has 2 nitrogen and oxygen atoms in total. The maximum Gasteiger partial charge on any atom is 0.161 e. The lowest BCUT2D eigenvalue weighted by atomic mass is 10.3. The van der Waals surface area contributed by atoms with Crippen LogP contribution < -0.4 is 5.32 Å². The molecule has 0 saturated carbocycles. The smallest absolute Gasteiger partial charge is 0.161 e. The Labute approximate surface area is 97.1 Å². The van der Waals surface area contributed by atoms with Crippen molar-refractivity contribution in [1.82, 2.24) is 0 Å². The van der Waals surface area contributed by atoms with Gasteiger partial charge in [-0.15, -0.1) is 0 Å². The molecule has 0 spiro atoms. The molecule has 0 aliphatic carbocycles. The van der Waals surface area contributed by atoms with Crippen LogP contribution in [0.15, 0.2) is 23.2 Å². The fourth-order valence-electron chi connectivity index (χ4n) is 1.42. The number of anilines is 1. The number of nitrogens with zero attached hydrogens (tertiary/aromatic N) is 1. The van der Waals surface area contributed by atoms with Crippen molar-refractivity contribution in [3.05, 3.63) is 29.8 Å². The molecule has 2 rings (SSSR count). The van der Waals surface area contributed by atoms with Crippen molar-refractivity contribution in [1.29, 1.82) is 0 Å². The van der Waals surface area contributed by atoms with Gasteiger partial charge in [-0.05, 0) is 25.5 Å². The predicted octanol–water partition coefficient (Wildman–Crippen LogP) is 3.26. The number of hydrogen-bond donors (Lipinski definition) is 1. The molecule has 5 heteroatoms. The first-order valence-corrected chi connectivity index (χ1v) is 6.07. The summed E-state index contributed by atoms with van der Waals surface area (Å²) in [7, 11) is 0. The first-order valence-electron chi connectivity index (χ1n) is 5.08. The predicted molar refractivity (Wildman–Crippen MR) is 64.0 cm³/mol. The van der Waals surface area contributed by atoms with Crippen LogP contribution in [0.2, 0.25) is 0 Å². The molecule has 16 heavy (non-hydrogen) atoms. The van der Waals surface area contributed by atoms with Crippen LogP contribution in [0.1, 0.15) is 13.3 Å². The van der Waals surface area contributed by atoms with Crippen molar-refractivity contribution in [2.45, 2.75) is 19.4 Å². The van der Waals surface area contributed by atoms with Crippen LogP contribution in [0, 0.1) is 11.6 Å². The third-order valence-corrected chi connectivity index (χ3v) is 3.23. The second-order valence-electron chi connectivity index (χ2n) is 3.64. The van der Waals surface area contributed by atoms with Crippen LogP contribution in [-0.4, -0.2) is 17.0 Å². The maximum absolute atomic E-state index is 13.3. The third kappa shape index (κ3) is 2.52. The monoisotopic (exact) mass is 242 g/mol. The van der Waals surface area contributed by atoms with E-state index in [1.165, 1.54) is 30.0 Å². The summed E-state index contributed by atoms with van der Waals surface area (Å²) < 4.78 is 26.7. The molecular formula is C11H12F2N2S. The van der Waals surface area contributed by atoms with Gasteiger partial charge in [0.1, 0.15) is 17.3 Å². The maximum atomic E-state index is 13.3. The number of aliphatic imine (C=N–C) groups is 1. The van der Waals surface area contributed by atoms with Gasteiger partial charge in [-0.1, -0.05) is 17.8 Å². The molecule has 0 saturated heterocycles. The van der Waals surface area contributed by atoms with Crippen molar-refractivity contribution >= 4 is 22.6 Å². The molecule has 0 radical (unpaired) electrons. The molecule has 1 N–H and O–H groups in total. The van der Waals surface area contributed by atoms with Crippen LogP contribution in [0.25, 0.3) is 0 Å². The molecule has 0 amide bonds. The zero-order valence-corrected chi connectivity index (χ0v) is 9.65. The van der Waals surface area contributed by atoms with E-state index >= 15 is 0 Å². The average Bonchev–Trinajstić information content (AvgIpc) is 2.24. The molecule has 1 aliphatic heterocycles. The summed E-state index contributed by atoms with van der Waals surface area (Å²) in [6.45, 7) is 1.99. The van der Waals surface area contributed by atoms with Gasteiger partial charge in [-0.2, -0.15) is 0 Å². The first-order chi connectivity index (χ1) is 7.66. The quantitative estimate of drug-likeness (QED) is 0.817. The highest BCUT2D eigenvalue weighted by Crippen LogP contribution is 2.23. The van der Waals surface area contributed by atoms with E-state index in [0.29, 0.717) is 5.17 Å². The number of benzene rings is 1. The van der Waals surface area contributed by atoms with E-state index in [1.807, 2.05) is 6.92 Å². The van der Waals surface area contributed by atoms with Crippen LogP contribution in [0.5, 0.6) is 0 Å². The standard InChI is InChI=1S/C11H12F2N2S/c1-7-5-6-16-11(14-7)15-10-8(12)3-2-4-9(10)13/h2-4,7H,5-6H2,1H3,(H,14,15). The number of hydrogen-bond acceptors (Lipinski definition) is 3. The minimum Gasteiger partial charge on any atom is -0.330 e. The number of para-hydroxylation sites is 1. The fraction of sp³-hybridized carbons (Fsp3) is 0.364. The molecule has 1 unspecified atom stereocenters. The van der Waals surface area contributed by atoms with Crippen molar-refractivity contribution < 1.29 is 8.78 Å². The van der Waals surface area contributed by atoms with E-state index in [4.69, 9.17) is 0 Å². The lowest BCUT2D eigenvalue weighted by Gasteiger charge is -2.18. The normalized spacial score (nSPS) is 20.4. The molecule has 1 aromatic carbocycles. The second-order valence-corrected chi connectivity index (χ2v) is 4.73. The summed E-state index contributed by atoms with van der Waals surface area (Å²) in [6.07, 6.45) is 0.996. The Morgan fingerprint density at radius 3 is 2.69 bits per heavy atom. The molecule has 1 aliphatic rings.